The molecule has 31 heavy (non-hydrogen) atoms. The highest BCUT2D eigenvalue weighted by Gasteiger charge is 2.34. The summed E-state index contributed by atoms with van der Waals surface area (Å²) in [5.41, 5.74) is 1.58. The third-order valence-corrected chi connectivity index (χ3v) is 7.84. The zero-order chi connectivity index (χ0) is 21.6. The van der Waals surface area contributed by atoms with Crippen LogP contribution >= 0.6 is 22.9 Å². The minimum atomic E-state index is -3.73. The van der Waals surface area contributed by atoms with Crippen molar-refractivity contribution in [3.63, 3.8) is 0 Å². The summed E-state index contributed by atoms with van der Waals surface area (Å²) in [4.78, 5) is 18.9. The first kappa shape index (κ1) is 20.0. The number of carbonyl (C=O) groups is 1. The van der Waals surface area contributed by atoms with Crippen molar-refractivity contribution in [2.75, 3.05) is 16.2 Å². The zero-order valence-electron chi connectivity index (χ0n) is 16.1. The molecule has 10 heteroatoms. The largest absolute Gasteiger partial charge is 0.335 e. The average Bonchev–Trinajstić information content (AvgIpc) is 3.48. The monoisotopic (exact) mass is 472 g/mol. The maximum absolute atomic E-state index is 13.2. The highest BCUT2D eigenvalue weighted by atomic mass is 35.5. The third kappa shape index (κ3) is 3.58. The molecule has 3 heterocycles. The zero-order valence-corrected chi connectivity index (χ0v) is 18.5. The van der Waals surface area contributed by atoms with Crippen LogP contribution in [0.15, 0.2) is 71.2 Å². The summed E-state index contributed by atoms with van der Waals surface area (Å²) in [7, 11) is -3.73. The van der Waals surface area contributed by atoms with Crippen LogP contribution in [0.1, 0.15) is 12.5 Å². The highest BCUT2D eigenvalue weighted by molar-refractivity contribution is 7.93. The molecule has 1 aliphatic heterocycles. The van der Waals surface area contributed by atoms with Crippen molar-refractivity contribution in [3.05, 3.63) is 71.3 Å². The van der Waals surface area contributed by atoms with E-state index in [-0.39, 0.29) is 16.8 Å². The second kappa shape index (κ2) is 7.67. The minimum absolute atomic E-state index is 0.0333. The number of thiazole rings is 1. The van der Waals surface area contributed by atoms with Gasteiger partial charge in [-0.05, 0) is 48.9 Å². The van der Waals surface area contributed by atoms with Crippen molar-refractivity contribution in [3.8, 4) is 0 Å². The van der Waals surface area contributed by atoms with Gasteiger partial charge in [-0.1, -0.05) is 17.7 Å². The Morgan fingerprint density at radius 1 is 1.13 bits per heavy atom. The van der Waals surface area contributed by atoms with Crippen molar-refractivity contribution in [2.24, 2.45) is 0 Å². The molecule has 2 aromatic heterocycles. The number of hydrogen-bond donors (Lipinski definition) is 1. The maximum Gasteiger partial charge on any atom is 0.263 e. The van der Waals surface area contributed by atoms with E-state index in [9.17, 15) is 13.2 Å². The quantitative estimate of drug-likeness (QED) is 0.462. The summed E-state index contributed by atoms with van der Waals surface area (Å²) < 4.78 is 29.4. The van der Waals surface area contributed by atoms with E-state index in [1.54, 1.807) is 22.4 Å². The fourth-order valence-corrected chi connectivity index (χ4v) is 5.88. The maximum atomic E-state index is 13.2. The highest BCUT2D eigenvalue weighted by Crippen LogP contribution is 2.33. The smallest absolute Gasteiger partial charge is 0.263 e. The molecular formula is C21H17ClN4O3S2. The van der Waals surface area contributed by atoms with E-state index in [1.807, 2.05) is 35.0 Å². The molecule has 0 aliphatic carbocycles. The first-order valence-electron chi connectivity index (χ1n) is 9.53. The Bertz CT molecular complexity index is 1370. The number of sulfonamides is 1. The van der Waals surface area contributed by atoms with Crippen LogP contribution < -0.4 is 9.62 Å². The lowest BCUT2D eigenvalue weighted by atomic mass is 10.2. The van der Waals surface area contributed by atoms with Crippen molar-refractivity contribution >= 4 is 60.6 Å². The first-order valence-corrected chi connectivity index (χ1v) is 12.3. The fourth-order valence-electron chi connectivity index (χ4n) is 3.85. The molecular weight excluding hydrogens is 456 g/mol. The number of rotatable bonds is 5. The molecule has 0 saturated carbocycles. The molecule has 2 aromatic carbocycles. The van der Waals surface area contributed by atoms with Crippen molar-refractivity contribution in [1.29, 1.82) is 0 Å². The van der Waals surface area contributed by atoms with Crippen LogP contribution in [0.5, 0.6) is 0 Å². The lowest BCUT2D eigenvalue weighted by Crippen LogP contribution is -2.28. The number of fused-ring (bicyclic) bond motifs is 1. The fraction of sp³-hybridized carbons (Fsp3) is 0.143. The topological polar surface area (TPSA) is 84.3 Å². The summed E-state index contributed by atoms with van der Waals surface area (Å²) >= 11 is 7.47. The van der Waals surface area contributed by atoms with Crippen molar-refractivity contribution in [1.82, 2.24) is 9.55 Å². The summed E-state index contributed by atoms with van der Waals surface area (Å²) in [6, 6.07) is 13.5. The van der Waals surface area contributed by atoms with Gasteiger partial charge in [0.1, 0.15) is 6.04 Å². The number of halogens is 1. The SMILES string of the molecule is O=C1[C@@H](n2ccc3c(Cl)cccc32)CCN1c1ccc(S(=O)(=O)Nc2nccs2)cc1. The van der Waals surface area contributed by atoms with Crippen molar-refractivity contribution in [2.45, 2.75) is 17.4 Å². The van der Waals surface area contributed by atoms with Gasteiger partial charge >= 0.3 is 0 Å². The van der Waals surface area contributed by atoms with Crippen LogP contribution in [0.4, 0.5) is 10.8 Å². The van der Waals surface area contributed by atoms with Gasteiger partial charge < -0.3 is 9.47 Å². The molecule has 158 valence electrons. The Morgan fingerprint density at radius 2 is 1.94 bits per heavy atom. The molecule has 1 saturated heterocycles. The van der Waals surface area contributed by atoms with Crippen LogP contribution in [0.2, 0.25) is 5.02 Å². The number of amides is 1. The van der Waals surface area contributed by atoms with Gasteiger partial charge in [-0.3, -0.25) is 9.52 Å². The summed E-state index contributed by atoms with van der Waals surface area (Å²) in [5, 5.41) is 3.57. The van der Waals surface area contributed by atoms with Crippen LogP contribution in [0.3, 0.4) is 0 Å². The van der Waals surface area contributed by atoms with Crippen LogP contribution in [-0.2, 0) is 14.8 Å². The van der Waals surface area contributed by atoms with Crippen LogP contribution in [-0.4, -0.2) is 30.4 Å². The number of nitrogens with zero attached hydrogens (tertiary/aromatic N) is 3. The van der Waals surface area contributed by atoms with Gasteiger partial charge in [-0.2, -0.15) is 0 Å². The standard InChI is InChI=1S/C21H17ClN4O3S2/c22-17-2-1-3-18-16(17)8-11-26(18)19-9-12-25(20(19)27)14-4-6-15(7-5-14)31(28,29)24-21-23-10-13-30-21/h1-8,10-11,13,19H,9,12H2,(H,23,24)/t19-/m0/s1. The second-order valence-corrected chi connectivity index (χ2v) is 10.1. The van der Waals surface area contributed by atoms with E-state index in [0.717, 1.165) is 10.9 Å². The Labute approximate surface area is 187 Å². The molecule has 1 amide bonds. The first-order chi connectivity index (χ1) is 14.9. The number of benzene rings is 2. The average molecular weight is 473 g/mol. The number of carbonyl (C=O) groups excluding carboxylic acids is 1. The predicted molar refractivity (Wildman–Crippen MR) is 122 cm³/mol. The Balaban J connectivity index is 1.38. The Morgan fingerprint density at radius 3 is 2.68 bits per heavy atom. The molecule has 5 rings (SSSR count). The van der Waals surface area contributed by atoms with Gasteiger partial charge in [0.05, 0.1) is 10.4 Å². The van der Waals surface area contributed by atoms with Crippen molar-refractivity contribution < 1.29 is 13.2 Å². The molecule has 1 atom stereocenters. The van der Waals surface area contributed by atoms with E-state index in [0.29, 0.717) is 28.8 Å². The van der Waals surface area contributed by atoms with Crippen LogP contribution in [0.25, 0.3) is 10.9 Å². The van der Waals surface area contributed by atoms with E-state index < -0.39 is 10.0 Å². The molecule has 1 N–H and O–H groups in total. The van der Waals surface area contributed by atoms with Gasteiger partial charge in [0.25, 0.3) is 10.0 Å². The lowest BCUT2D eigenvalue weighted by Gasteiger charge is -2.18. The van der Waals surface area contributed by atoms with E-state index in [4.69, 9.17) is 11.6 Å². The summed E-state index contributed by atoms with van der Waals surface area (Å²) in [6.07, 6.45) is 4.08. The van der Waals surface area contributed by atoms with Crippen LogP contribution in [0, 0.1) is 0 Å². The normalized spacial score (nSPS) is 16.9. The number of aromatic nitrogens is 2. The Kier molecular flexibility index (Phi) is 4.96. The predicted octanol–water partition coefficient (Wildman–Crippen LogP) is 4.53. The van der Waals surface area contributed by atoms with Gasteiger partial charge in [0, 0.05) is 40.4 Å². The molecule has 1 aliphatic rings. The number of hydrogen-bond acceptors (Lipinski definition) is 5. The second-order valence-electron chi connectivity index (χ2n) is 7.13. The molecule has 7 nitrogen and oxygen atoms in total. The Hall–Kier alpha value is -2.88. The van der Waals surface area contributed by atoms with E-state index in [2.05, 4.69) is 9.71 Å². The lowest BCUT2D eigenvalue weighted by molar-refractivity contribution is -0.119. The molecule has 0 spiro atoms. The van der Waals surface area contributed by atoms with Gasteiger partial charge in [-0.25, -0.2) is 13.4 Å². The van der Waals surface area contributed by atoms with E-state index in [1.165, 1.54) is 29.7 Å². The molecule has 0 radical (unpaired) electrons. The number of nitrogens with one attached hydrogen (secondary N) is 1. The molecule has 0 bridgehead atoms. The molecule has 1 fully saturated rings. The van der Waals surface area contributed by atoms with Gasteiger partial charge in [-0.15, -0.1) is 11.3 Å². The molecule has 0 unspecified atom stereocenters. The summed E-state index contributed by atoms with van der Waals surface area (Å²) in [5.74, 6) is -0.0333. The number of anilines is 2. The van der Waals surface area contributed by atoms with Gasteiger partial charge in [0.2, 0.25) is 5.91 Å². The minimum Gasteiger partial charge on any atom is -0.335 e. The van der Waals surface area contributed by atoms with Gasteiger partial charge in [0.15, 0.2) is 5.13 Å². The summed E-state index contributed by atoms with van der Waals surface area (Å²) in [6.45, 7) is 0.549. The third-order valence-electron chi connectivity index (χ3n) is 5.34. The van der Waals surface area contributed by atoms with E-state index >= 15 is 0 Å². The molecule has 4 aromatic rings.